The van der Waals surface area contributed by atoms with E-state index in [1.165, 1.54) is 6.07 Å². The van der Waals surface area contributed by atoms with Gasteiger partial charge in [-0.2, -0.15) is 0 Å². The number of para-hydroxylation sites is 1. The Morgan fingerprint density at radius 2 is 1.92 bits per heavy atom. The summed E-state index contributed by atoms with van der Waals surface area (Å²) in [5, 5.41) is 3.00. The molecule has 1 N–H and O–H groups in total. The monoisotopic (exact) mass is 488 g/mol. The molecule has 0 saturated carbocycles. The van der Waals surface area contributed by atoms with E-state index in [9.17, 15) is 14.0 Å². The van der Waals surface area contributed by atoms with Gasteiger partial charge in [-0.1, -0.05) is 42.5 Å². The predicted octanol–water partition coefficient (Wildman–Crippen LogP) is 3.32. The molecule has 2 aliphatic rings. The van der Waals surface area contributed by atoms with Gasteiger partial charge in [0.25, 0.3) is 0 Å². The first-order valence-corrected chi connectivity index (χ1v) is 12.2. The highest BCUT2D eigenvalue weighted by Gasteiger charge is 2.34. The molecule has 3 aromatic rings. The smallest absolute Gasteiger partial charge is 0.225 e. The fraction of sp³-hybridized carbons (Fsp3) is 0.321. The summed E-state index contributed by atoms with van der Waals surface area (Å²) in [6.07, 6.45) is 3.18. The van der Waals surface area contributed by atoms with Crippen molar-refractivity contribution < 1.29 is 18.7 Å². The number of hydrogen-bond acceptors (Lipinski definition) is 5. The number of hydrogen-bond donors (Lipinski definition) is 1. The molecule has 3 heterocycles. The number of aromatic nitrogens is 1. The Balaban J connectivity index is 1.18. The van der Waals surface area contributed by atoms with Gasteiger partial charge in [0.15, 0.2) is 0 Å². The third-order valence-corrected chi connectivity index (χ3v) is 6.72. The van der Waals surface area contributed by atoms with Crippen LogP contribution in [-0.4, -0.2) is 52.8 Å². The van der Waals surface area contributed by atoms with Crippen molar-refractivity contribution in [3.8, 4) is 5.75 Å². The van der Waals surface area contributed by atoms with Crippen molar-refractivity contribution in [2.24, 2.45) is 5.92 Å². The SMILES string of the molecule is O=C(NCCN1Cc2ccccc2O[C@H](c2ccccc2F)C1)[C@@H]1CC(=O)N(Cc2cccnc2)C1. The Morgan fingerprint density at radius 1 is 1.08 bits per heavy atom. The number of rotatable bonds is 7. The second-order valence-electron chi connectivity index (χ2n) is 9.30. The average Bonchev–Trinajstić information content (AvgIpc) is 3.14. The highest BCUT2D eigenvalue weighted by molar-refractivity contribution is 5.89. The number of ether oxygens (including phenoxy) is 1. The summed E-state index contributed by atoms with van der Waals surface area (Å²) in [7, 11) is 0. The molecular formula is C28H29FN4O3. The van der Waals surface area contributed by atoms with Gasteiger partial charge in [0.2, 0.25) is 11.8 Å². The molecule has 2 aliphatic heterocycles. The largest absolute Gasteiger partial charge is 0.484 e. The molecule has 1 saturated heterocycles. The topological polar surface area (TPSA) is 74.8 Å². The van der Waals surface area contributed by atoms with Gasteiger partial charge in [-0.15, -0.1) is 0 Å². The lowest BCUT2D eigenvalue weighted by molar-refractivity contribution is -0.129. The summed E-state index contributed by atoms with van der Waals surface area (Å²) in [5.41, 5.74) is 2.48. The summed E-state index contributed by atoms with van der Waals surface area (Å²) < 4.78 is 20.8. The van der Waals surface area contributed by atoms with E-state index in [2.05, 4.69) is 15.2 Å². The zero-order valence-corrected chi connectivity index (χ0v) is 20.0. The number of fused-ring (bicyclic) bond motifs is 1. The summed E-state index contributed by atoms with van der Waals surface area (Å²) >= 11 is 0. The van der Waals surface area contributed by atoms with Crippen molar-refractivity contribution in [2.75, 3.05) is 26.2 Å². The van der Waals surface area contributed by atoms with E-state index >= 15 is 0 Å². The Bertz CT molecular complexity index is 1220. The van der Waals surface area contributed by atoms with Crippen molar-refractivity contribution in [1.82, 2.24) is 20.1 Å². The fourth-order valence-electron chi connectivity index (χ4n) is 4.84. The summed E-state index contributed by atoms with van der Waals surface area (Å²) in [4.78, 5) is 33.2. The Kier molecular flexibility index (Phi) is 7.23. The maximum absolute atomic E-state index is 14.6. The first kappa shape index (κ1) is 23.9. The second kappa shape index (κ2) is 10.9. The molecule has 0 spiro atoms. The maximum Gasteiger partial charge on any atom is 0.225 e. The quantitative estimate of drug-likeness (QED) is 0.552. The van der Waals surface area contributed by atoms with Gasteiger partial charge in [-0.05, 0) is 23.8 Å². The van der Waals surface area contributed by atoms with E-state index in [4.69, 9.17) is 4.74 Å². The number of carbonyl (C=O) groups excluding carboxylic acids is 2. The Hall–Kier alpha value is -3.78. The van der Waals surface area contributed by atoms with Crippen LogP contribution in [0, 0.1) is 11.7 Å². The van der Waals surface area contributed by atoms with Crippen LogP contribution < -0.4 is 10.1 Å². The third-order valence-electron chi connectivity index (χ3n) is 6.72. The van der Waals surface area contributed by atoms with Crippen molar-refractivity contribution >= 4 is 11.8 Å². The molecule has 1 fully saturated rings. The van der Waals surface area contributed by atoms with Crippen molar-refractivity contribution in [3.05, 3.63) is 95.6 Å². The molecule has 36 heavy (non-hydrogen) atoms. The van der Waals surface area contributed by atoms with Gasteiger partial charge in [0.05, 0.1) is 5.92 Å². The van der Waals surface area contributed by atoms with E-state index in [0.29, 0.717) is 44.8 Å². The molecule has 0 aliphatic carbocycles. The number of nitrogens with zero attached hydrogens (tertiary/aromatic N) is 3. The highest BCUT2D eigenvalue weighted by atomic mass is 19.1. The van der Waals surface area contributed by atoms with E-state index in [1.54, 1.807) is 29.4 Å². The number of pyridine rings is 1. The summed E-state index contributed by atoms with van der Waals surface area (Å²) in [6, 6.07) is 18.2. The minimum Gasteiger partial charge on any atom is -0.484 e. The average molecular weight is 489 g/mol. The molecule has 2 amide bonds. The van der Waals surface area contributed by atoms with E-state index < -0.39 is 6.10 Å². The molecule has 2 atom stereocenters. The molecule has 0 unspecified atom stereocenters. The van der Waals surface area contributed by atoms with Crippen molar-refractivity contribution in [3.63, 3.8) is 0 Å². The van der Waals surface area contributed by atoms with Gasteiger partial charge in [0, 0.05) is 69.2 Å². The van der Waals surface area contributed by atoms with E-state index in [-0.39, 0.29) is 30.0 Å². The Labute approximate surface area is 209 Å². The van der Waals surface area contributed by atoms with Gasteiger partial charge in [-0.25, -0.2) is 4.39 Å². The zero-order chi connectivity index (χ0) is 24.9. The van der Waals surface area contributed by atoms with E-state index in [0.717, 1.165) is 16.9 Å². The van der Waals surface area contributed by atoms with Gasteiger partial charge in [-0.3, -0.25) is 19.5 Å². The third kappa shape index (κ3) is 5.54. The summed E-state index contributed by atoms with van der Waals surface area (Å²) in [6.45, 7) is 3.00. The molecule has 7 nitrogen and oxygen atoms in total. The molecule has 1 aromatic heterocycles. The molecule has 8 heteroatoms. The normalized spacial score (nSPS) is 19.9. The molecule has 2 aromatic carbocycles. The maximum atomic E-state index is 14.6. The van der Waals surface area contributed by atoms with Crippen molar-refractivity contribution in [2.45, 2.75) is 25.6 Å². The molecule has 186 valence electrons. The van der Waals surface area contributed by atoms with Crippen LogP contribution in [-0.2, 0) is 22.7 Å². The minimum atomic E-state index is -0.459. The lowest BCUT2D eigenvalue weighted by Gasteiger charge is -2.24. The second-order valence-corrected chi connectivity index (χ2v) is 9.30. The lowest BCUT2D eigenvalue weighted by Crippen LogP contribution is -2.39. The number of carbonyl (C=O) groups is 2. The van der Waals surface area contributed by atoms with Crippen LogP contribution in [0.1, 0.15) is 29.2 Å². The van der Waals surface area contributed by atoms with Crippen LogP contribution in [0.4, 0.5) is 4.39 Å². The molecule has 5 rings (SSSR count). The van der Waals surface area contributed by atoms with Crippen LogP contribution in [0.3, 0.4) is 0 Å². The Morgan fingerprint density at radius 3 is 2.75 bits per heavy atom. The van der Waals surface area contributed by atoms with E-state index in [1.807, 2.05) is 42.5 Å². The van der Waals surface area contributed by atoms with Crippen LogP contribution in [0.5, 0.6) is 5.75 Å². The van der Waals surface area contributed by atoms with Gasteiger partial charge in [0.1, 0.15) is 17.7 Å². The number of halogens is 1. The molecular weight excluding hydrogens is 459 g/mol. The van der Waals surface area contributed by atoms with Crippen LogP contribution in [0.15, 0.2) is 73.1 Å². The lowest BCUT2D eigenvalue weighted by atomic mass is 10.1. The van der Waals surface area contributed by atoms with Crippen LogP contribution in [0.2, 0.25) is 0 Å². The number of likely N-dealkylation sites (tertiary alicyclic amines) is 1. The van der Waals surface area contributed by atoms with Gasteiger partial charge < -0.3 is 15.0 Å². The fourth-order valence-corrected chi connectivity index (χ4v) is 4.84. The highest BCUT2D eigenvalue weighted by Crippen LogP contribution is 2.32. The van der Waals surface area contributed by atoms with Crippen LogP contribution >= 0.6 is 0 Å². The molecule has 0 bridgehead atoms. The number of benzene rings is 2. The number of nitrogens with one attached hydrogen (secondary N) is 1. The minimum absolute atomic E-state index is 0.0204. The molecule has 0 radical (unpaired) electrons. The zero-order valence-electron chi connectivity index (χ0n) is 20.0. The standard InChI is InChI=1S/C28H29FN4O3/c29-24-9-3-2-8-23(24)26-19-32(17-21-7-1-4-10-25(21)36-26)13-12-31-28(35)22-14-27(34)33(18-22)16-20-6-5-11-30-15-20/h1-11,15,22,26H,12-14,16-19H2,(H,31,35)/t22-,26+/m1/s1. The summed E-state index contributed by atoms with van der Waals surface area (Å²) in [5.74, 6) is -0.0527. The number of amides is 2. The predicted molar refractivity (Wildman–Crippen MR) is 132 cm³/mol. The van der Waals surface area contributed by atoms with Crippen LogP contribution in [0.25, 0.3) is 0 Å². The first-order chi connectivity index (χ1) is 17.6. The first-order valence-electron chi connectivity index (χ1n) is 12.2. The van der Waals surface area contributed by atoms with Crippen molar-refractivity contribution in [1.29, 1.82) is 0 Å². The van der Waals surface area contributed by atoms with Gasteiger partial charge >= 0.3 is 0 Å².